The largest absolute Gasteiger partial charge is 0.456 e. The molecule has 0 spiro atoms. The summed E-state index contributed by atoms with van der Waals surface area (Å²) in [5.74, 6) is -6.03. The Balaban J connectivity index is 2.67. The molecule has 1 unspecified atom stereocenters. The zero-order chi connectivity index (χ0) is 52.7. The Kier molecular flexibility index (Phi) is 26.5. The van der Waals surface area contributed by atoms with Crippen LogP contribution in [0.15, 0.2) is 53.6 Å². The van der Waals surface area contributed by atoms with Crippen LogP contribution >= 0.6 is 0 Å². The number of nitrogens with one attached hydrogen (secondary N) is 4. The number of likely N-dealkylation sites (N-methyl/N-ethyl adjacent to an activating group) is 2. The molecule has 392 valence electrons. The summed E-state index contributed by atoms with van der Waals surface area (Å²) in [5, 5.41) is 11.0. The van der Waals surface area contributed by atoms with E-state index in [1.54, 1.807) is 58.0 Å². The Morgan fingerprint density at radius 2 is 1.49 bits per heavy atom. The Morgan fingerprint density at radius 1 is 0.857 bits per heavy atom. The lowest BCUT2D eigenvalue weighted by molar-refractivity contribution is -0.155. The highest BCUT2D eigenvalue weighted by Crippen LogP contribution is 2.26. The van der Waals surface area contributed by atoms with Crippen molar-refractivity contribution in [3.8, 4) is 0 Å². The fourth-order valence-corrected chi connectivity index (χ4v) is 7.97. The van der Waals surface area contributed by atoms with E-state index in [0.717, 1.165) is 44.1 Å². The molecule has 9 atom stereocenters. The smallest absolute Gasteiger partial charge is 0.407 e. The van der Waals surface area contributed by atoms with Crippen LogP contribution in [0.4, 0.5) is 4.79 Å². The summed E-state index contributed by atoms with van der Waals surface area (Å²) in [7, 11) is 2.85. The van der Waals surface area contributed by atoms with Crippen LogP contribution in [-0.2, 0) is 54.2 Å². The number of hydrogen-bond donors (Lipinski definition) is 4. The van der Waals surface area contributed by atoms with Crippen LogP contribution in [0.3, 0.4) is 0 Å². The summed E-state index contributed by atoms with van der Waals surface area (Å²) in [4.78, 5) is 113. The van der Waals surface area contributed by atoms with E-state index in [9.17, 15) is 38.4 Å². The first kappa shape index (κ1) is 60.4. The van der Waals surface area contributed by atoms with E-state index in [2.05, 4.69) is 28.2 Å². The first-order valence-corrected chi connectivity index (χ1v) is 25.2. The number of carbonyl (C=O) groups is 8. The molecule has 0 aliphatic carbocycles. The summed E-state index contributed by atoms with van der Waals surface area (Å²) < 4.78 is 17.9. The molecule has 6 amide bonds. The van der Waals surface area contributed by atoms with Crippen molar-refractivity contribution in [2.24, 2.45) is 17.8 Å². The fourth-order valence-electron chi connectivity index (χ4n) is 7.97. The number of nitrogens with zero attached hydrogens (tertiary/aromatic N) is 2. The third-order valence-electron chi connectivity index (χ3n) is 12.9. The van der Waals surface area contributed by atoms with Gasteiger partial charge in [-0.3, -0.25) is 24.0 Å². The molecule has 1 aromatic carbocycles. The third-order valence-corrected chi connectivity index (χ3v) is 12.9. The van der Waals surface area contributed by atoms with Crippen LogP contribution < -0.4 is 21.3 Å². The summed E-state index contributed by atoms with van der Waals surface area (Å²) in [6, 6.07) is 4.41. The number of hydrogen-bond acceptors (Lipinski definition) is 11. The second-order valence-electron chi connectivity index (χ2n) is 19.3. The maximum Gasteiger partial charge on any atom is 0.407 e. The average molecular weight is 981 g/mol. The van der Waals surface area contributed by atoms with Crippen LogP contribution in [0, 0.1) is 17.8 Å². The number of alkyl carbamates (subject to hydrolysis) is 1. The molecule has 1 aliphatic rings. The zero-order valence-electron chi connectivity index (χ0n) is 44.2. The van der Waals surface area contributed by atoms with Crippen molar-refractivity contribution in [2.45, 2.75) is 183 Å². The summed E-state index contributed by atoms with van der Waals surface area (Å²) in [5.41, 5.74) is 1.47. The molecular formula is C53H84N6O11. The Hall–Kier alpha value is -5.74. The number of esters is 2. The van der Waals surface area contributed by atoms with Crippen molar-refractivity contribution in [1.82, 2.24) is 31.1 Å². The van der Waals surface area contributed by atoms with Gasteiger partial charge in [0.05, 0.1) is 6.54 Å². The first-order valence-electron chi connectivity index (χ1n) is 25.2. The van der Waals surface area contributed by atoms with E-state index < -0.39 is 108 Å². The maximum atomic E-state index is 14.3. The lowest BCUT2D eigenvalue weighted by Crippen LogP contribution is -2.57. The number of amides is 6. The van der Waals surface area contributed by atoms with Crippen LogP contribution in [0.25, 0.3) is 0 Å². The fraction of sp³-hybridized carbons (Fsp3) is 0.660. The van der Waals surface area contributed by atoms with Crippen molar-refractivity contribution in [3.05, 3.63) is 59.2 Å². The van der Waals surface area contributed by atoms with Gasteiger partial charge in [-0.25, -0.2) is 14.4 Å². The Bertz CT molecular complexity index is 1950. The van der Waals surface area contributed by atoms with Gasteiger partial charge in [0.25, 0.3) is 5.91 Å². The number of unbranched alkanes of at least 4 members (excludes halogenated alkanes) is 5. The zero-order valence-corrected chi connectivity index (χ0v) is 44.2. The predicted octanol–water partition coefficient (Wildman–Crippen LogP) is 6.33. The standard InChI is InChI=1S/C53H84N6O11/c1-14-17-18-19-20-24-29-54-53(67)69-42-28-27-36(8)51(65)68-43(30-33(4)5)47(61)55-38(10)49(63)59(13)41(31-40-25-22-21-23-26-40)50(64)58(12)32-44(60)57-45(34(6)15-2)48(62)56-39(11)52(66)70-46(37(42)9)35(7)16-3/h16,21-23,25-27,33-34,37-39,41-43,45-46H,14-15,17-20,24,28-32H2,1-13H3,(H,54,67)(H,55,61)(H,56,62)(H,57,60)/b35-16+,36-27+/t34?,37-,38-,39+,41+,42-,43+,45-,46+/m0/s1. The maximum absolute atomic E-state index is 14.3. The highest BCUT2D eigenvalue weighted by molar-refractivity contribution is 5.96. The van der Waals surface area contributed by atoms with E-state index in [0.29, 0.717) is 18.5 Å². The molecule has 1 aromatic rings. The van der Waals surface area contributed by atoms with Crippen LogP contribution in [0.1, 0.15) is 140 Å². The monoisotopic (exact) mass is 981 g/mol. The number of carbonyl (C=O) groups excluding carboxylic acids is 8. The van der Waals surface area contributed by atoms with Gasteiger partial charge in [0, 0.05) is 45.0 Å². The molecule has 4 N–H and O–H groups in total. The lowest BCUT2D eigenvalue weighted by Gasteiger charge is -2.33. The van der Waals surface area contributed by atoms with E-state index in [1.165, 1.54) is 50.7 Å². The number of allylic oxidation sites excluding steroid dienone is 1. The molecule has 0 bridgehead atoms. The summed E-state index contributed by atoms with van der Waals surface area (Å²) in [6.45, 7) is 19.1. The third kappa shape index (κ3) is 19.9. The number of cyclic esters (lactones) is 2. The van der Waals surface area contributed by atoms with Crippen molar-refractivity contribution in [3.63, 3.8) is 0 Å². The van der Waals surface area contributed by atoms with Gasteiger partial charge in [-0.1, -0.05) is 123 Å². The molecule has 0 radical (unpaired) electrons. The van der Waals surface area contributed by atoms with Gasteiger partial charge in [-0.15, -0.1) is 0 Å². The average Bonchev–Trinajstić information content (AvgIpc) is 3.32. The Morgan fingerprint density at radius 3 is 2.10 bits per heavy atom. The molecule has 1 aliphatic heterocycles. The molecule has 17 heteroatoms. The second-order valence-corrected chi connectivity index (χ2v) is 19.3. The van der Waals surface area contributed by atoms with Crippen molar-refractivity contribution < 1.29 is 52.6 Å². The number of benzene rings is 1. The Labute approximate surface area is 417 Å². The van der Waals surface area contributed by atoms with E-state index >= 15 is 0 Å². The van der Waals surface area contributed by atoms with Gasteiger partial charge in [-0.05, 0) is 70.4 Å². The quantitative estimate of drug-likeness (QED) is 0.0659. The molecule has 0 aromatic heterocycles. The van der Waals surface area contributed by atoms with Crippen molar-refractivity contribution in [2.75, 3.05) is 27.2 Å². The molecule has 70 heavy (non-hydrogen) atoms. The van der Waals surface area contributed by atoms with E-state index in [4.69, 9.17) is 14.2 Å². The highest BCUT2D eigenvalue weighted by atomic mass is 16.6. The van der Waals surface area contributed by atoms with Gasteiger partial charge >= 0.3 is 18.0 Å². The molecule has 2 rings (SSSR count). The number of ether oxygens (including phenoxy) is 3. The lowest BCUT2D eigenvalue weighted by atomic mass is 9.90. The first-order chi connectivity index (χ1) is 33.1. The van der Waals surface area contributed by atoms with Gasteiger partial charge < -0.3 is 45.3 Å². The minimum Gasteiger partial charge on any atom is -0.456 e. The van der Waals surface area contributed by atoms with Gasteiger partial charge in [-0.2, -0.15) is 0 Å². The van der Waals surface area contributed by atoms with Crippen LogP contribution in [0.5, 0.6) is 0 Å². The molecule has 17 nitrogen and oxygen atoms in total. The molecule has 0 saturated heterocycles. The van der Waals surface area contributed by atoms with E-state index in [-0.39, 0.29) is 30.8 Å². The SMILES string of the molecule is C/C=C(\C)[C@H]1OC(=O)[C@@H](C)NC(=O)[C@H](C(C)CC)NC(=O)CN(C)C(=O)[C@@H](Cc2ccccc2)N(C)C(=O)[C@H](C)NC(=O)[C@@H](CC(C)C)OC(=O)/C(C)=C/C[C@H](OC(=O)NCCCCCCCC)[C@@H]1C. The topological polar surface area (TPSA) is 219 Å². The van der Waals surface area contributed by atoms with Gasteiger partial charge in [0.1, 0.15) is 36.4 Å². The molecule has 0 saturated carbocycles. The highest BCUT2D eigenvalue weighted by Gasteiger charge is 2.37. The minimum absolute atomic E-state index is 0.0167. The minimum atomic E-state index is -1.30. The van der Waals surface area contributed by atoms with Crippen LogP contribution in [0.2, 0.25) is 0 Å². The van der Waals surface area contributed by atoms with Crippen molar-refractivity contribution in [1.29, 1.82) is 0 Å². The predicted molar refractivity (Wildman–Crippen MR) is 269 cm³/mol. The summed E-state index contributed by atoms with van der Waals surface area (Å²) in [6.07, 6.45) is 6.19. The number of rotatable bonds is 15. The van der Waals surface area contributed by atoms with Gasteiger partial charge in [0.2, 0.25) is 23.6 Å². The van der Waals surface area contributed by atoms with Gasteiger partial charge in [0.15, 0.2) is 6.10 Å². The van der Waals surface area contributed by atoms with E-state index in [1.807, 2.05) is 26.8 Å². The molecular weight excluding hydrogens is 897 g/mol. The molecule has 1 heterocycles. The molecule has 0 fully saturated rings. The van der Waals surface area contributed by atoms with Crippen LogP contribution in [-0.4, -0.2) is 127 Å². The second kappa shape index (κ2) is 30.8. The summed E-state index contributed by atoms with van der Waals surface area (Å²) >= 11 is 0. The van der Waals surface area contributed by atoms with Crippen molar-refractivity contribution >= 4 is 47.6 Å². The normalized spacial score (nSPS) is 26.0.